The number of rotatable bonds is 0. The van der Waals surface area contributed by atoms with Crippen LogP contribution in [0.5, 0.6) is 0 Å². The van der Waals surface area contributed by atoms with Crippen molar-refractivity contribution in [2.24, 2.45) is 0 Å². The monoisotopic (exact) mass is 537 g/mol. The molecule has 2 nitrogen and oxygen atoms in total. The van der Waals surface area contributed by atoms with Gasteiger partial charge in [-0.05, 0) is 25.7 Å². The van der Waals surface area contributed by atoms with Gasteiger partial charge in [-0.2, -0.15) is 0 Å². The van der Waals surface area contributed by atoms with Crippen molar-refractivity contribution in [1.82, 2.24) is 0 Å². The molecule has 0 aliphatic carbocycles. The van der Waals surface area contributed by atoms with E-state index >= 15 is 0 Å². The molecule has 1 aliphatic heterocycles. The van der Waals surface area contributed by atoms with Crippen LogP contribution in [0.1, 0.15) is 205 Å². The zero-order valence-corrected chi connectivity index (χ0v) is 26.3. The maximum absolute atomic E-state index is 5.87. The van der Waals surface area contributed by atoms with E-state index in [2.05, 4.69) is 0 Å². The highest BCUT2D eigenvalue weighted by molar-refractivity contribution is 4.52. The minimum absolute atomic E-state index is 0.994. The van der Waals surface area contributed by atoms with Gasteiger partial charge in [0.1, 0.15) is 0 Å². The van der Waals surface area contributed by atoms with Gasteiger partial charge in [0.05, 0.1) is 0 Å². The predicted octanol–water partition coefficient (Wildman–Crippen LogP) is 12.5. The molecule has 0 bridgehead atoms. The molecule has 1 heterocycles. The van der Waals surface area contributed by atoms with Gasteiger partial charge < -0.3 is 9.47 Å². The van der Waals surface area contributed by atoms with Gasteiger partial charge in [-0.1, -0.05) is 180 Å². The van der Waals surface area contributed by atoms with E-state index in [9.17, 15) is 0 Å². The average Bonchev–Trinajstić information content (AvgIpc) is 2.93. The molecule has 0 spiro atoms. The van der Waals surface area contributed by atoms with Crippen molar-refractivity contribution in [2.45, 2.75) is 205 Å². The first-order valence-corrected chi connectivity index (χ1v) is 18.2. The summed E-state index contributed by atoms with van der Waals surface area (Å²) in [5.74, 6) is 0. The SMILES string of the molecule is C1CCCCCCCCCOCCCCCCCCCCCCCCCCCCOCCCCCCCC1. The summed E-state index contributed by atoms with van der Waals surface area (Å²) in [5, 5.41) is 0. The summed E-state index contributed by atoms with van der Waals surface area (Å²) in [5.41, 5.74) is 0. The first-order chi connectivity index (χ1) is 19.0. The lowest BCUT2D eigenvalue weighted by molar-refractivity contribution is 0.125. The van der Waals surface area contributed by atoms with E-state index < -0.39 is 0 Å². The van der Waals surface area contributed by atoms with Crippen LogP contribution in [-0.4, -0.2) is 26.4 Å². The lowest BCUT2D eigenvalue weighted by atomic mass is 10.0. The molecule has 228 valence electrons. The van der Waals surface area contributed by atoms with Crippen LogP contribution >= 0.6 is 0 Å². The molecular weight excluding hydrogens is 464 g/mol. The van der Waals surface area contributed by atoms with Gasteiger partial charge in [0, 0.05) is 26.4 Å². The topological polar surface area (TPSA) is 18.5 Å². The molecule has 0 atom stereocenters. The smallest absolute Gasteiger partial charge is 0.0466 e. The third-order valence-corrected chi connectivity index (χ3v) is 8.65. The van der Waals surface area contributed by atoms with Crippen molar-refractivity contribution in [3.05, 3.63) is 0 Å². The first kappa shape index (κ1) is 35.9. The van der Waals surface area contributed by atoms with Crippen LogP contribution in [0.2, 0.25) is 0 Å². The summed E-state index contributed by atoms with van der Waals surface area (Å²) in [6.45, 7) is 3.98. The molecule has 0 amide bonds. The highest BCUT2D eigenvalue weighted by atomic mass is 16.5. The predicted molar refractivity (Wildman–Crippen MR) is 169 cm³/mol. The van der Waals surface area contributed by atoms with Crippen molar-refractivity contribution in [3.63, 3.8) is 0 Å². The fraction of sp³-hybridized carbons (Fsp3) is 1.00. The van der Waals surface area contributed by atoms with Gasteiger partial charge in [-0.25, -0.2) is 0 Å². The quantitative estimate of drug-likeness (QED) is 0.306. The molecule has 0 saturated carbocycles. The van der Waals surface area contributed by atoms with Crippen LogP contribution in [0.15, 0.2) is 0 Å². The Labute approximate surface area is 241 Å². The molecule has 0 aromatic heterocycles. The number of hydrogen-bond acceptors (Lipinski definition) is 2. The fourth-order valence-corrected chi connectivity index (χ4v) is 5.97. The highest BCUT2D eigenvalue weighted by Gasteiger charge is 1.98. The zero-order valence-electron chi connectivity index (χ0n) is 26.3. The molecular formula is C36H72O2. The van der Waals surface area contributed by atoms with E-state index in [0.29, 0.717) is 0 Å². The fourth-order valence-electron chi connectivity index (χ4n) is 5.97. The van der Waals surface area contributed by atoms with Crippen LogP contribution in [0, 0.1) is 0 Å². The van der Waals surface area contributed by atoms with E-state index in [1.807, 2.05) is 0 Å². The molecule has 1 saturated heterocycles. The Balaban J connectivity index is 2.00. The second-order valence-electron chi connectivity index (χ2n) is 12.5. The molecule has 0 radical (unpaired) electrons. The van der Waals surface area contributed by atoms with Crippen molar-refractivity contribution >= 4 is 0 Å². The molecule has 1 aliphatic rings. The van der Waals surface area contributed by atoms with Crippen LogP contribution in [0.3, 0.4) is 0 Å². The molecule has 0 aromatic rings. The van der Waals surface area contributed by atoms with Crippen molar-refractivity contribution in [1.29, 1.82) is 0 Å². The molecule has 0 aromatic carbocycles. The Morgan fingerprint density at radius 2 is 0.237 bits per heavy atom. The average molecular weight is 537 g/mol. The standard InChI is InChI=1S/C36H72O2/c1-2-6-10-14-18-22-26-30-34-38-36-32-28-24-20-16-12-8-4-3-7-11-15-19-23-27-31-35-37-33-29-25-21-17-13-9-5-1/h1-36H2. The Morgan fingerprint density at radius 1 is 0.132 bits per heavy atom. The molecule has 1 fully saturated rings. The van der Waals surface area contributed by atoms with Gasteiger partial charge >= 0.3 is 0 Å². The molecule has 0 N–H and O–H groups in total. The number of hydrogen-bond donors (Lipinski definition) is 0. The van der Waals surface area contributed by atoms with E-state index in [0.717, 1.165) is 26.4 Å². The van der Waals surface area contributed by atoms with Crippen LogP contribution in [0.25, 0.3) is 0 Å². The maximum Gasteiger partial charge on any atom is 0.0466 e. The molecule has 1 rings (SSSR count). The normalized spacial score (nSPS) is 24.0. The minimum Gasteiger partial charge on any atom is -0.381 e. The van der Waals surface area contributed by atoms with Crippen molar-refractivity contribution in [2.75, 3.05) is 26.4 Å². The number of ether oxygens (including phenoxy) is 2. The second-order valence-corrected chi connectivity index (χ2v) is 12.5. The van der Waals surface area contributed by atoms with E-state index in [-0.39, 0.29) is 0 Å². The van der Waals surface area contributed by atoms with Gasteiger partial charge in [-0.15, -0.1) is 0 Å². The Hall–Kier alpha value is -0.0800. The maximum atomic E-state index is 5.87. The third-order valence-electron chi connectivity index (χ3n) is 8.65. The Morgan fingerprint density at radius 3 is 0.368 bits per heavy atom. The van der Waals surface area contributed by atoms with Gasteiger partial charge in [-0.3, -0.25) is 0 Å². The van der Waals surface area contributed by atoms with Crippen molar-refractivity contribution in [3.8, 4) is 0 Å². The van der Waals surface area contributed by atoms with E-state index in [1.54, 1.807) is 0 Å². The Bertz CT molecular complexity index is 211. The highest BCUT2D eigenvalue weighted by Crippen LogP contribution is 2.15. The third kappa shape index (κ3) is 30.5. The summed E-state index contributed by atoms with van der Waals surface area (Å²) in [7, 11) is 0. The molecule has 0 unspecified atom stereocenters. The van der Waals surface area contributed by atoms with Crippen LogP contribution in [-0.2, 0) is 9.47 Å². The van der Waals surface area contributed by atoms with Crippen molar-refractivity contribution < 1.29 is 9.47 Å². The summed E-state index contributed by atoms with van der Waals surface area (Å²) in [6.07, 6.45) is 45.3. The van der Waals surface area contributed by atoms with Gasteiger partial charge in [0.2, 0.25) is 0 Å². The summed E-state index contributed by atoms with van der Waals surface area (Å²) in [4.78, 5) is 0. The van der Waals surface area contributed by atoms with E-state index in [1.165, 1.54) is 205 Å². The lowest BCUT2D eigenvalue weighted by Gasteiger charge is -2.06. The summed E-state index contributed by atoms with van der Waals surface area (Å²) >= 11 is 0. The largest absolute Gasteiger partial charge is 0.381 e. The van der Waals surface area contributed by atoms with Gasteiger partial charge in [0.25, 0.3) is 0 Å². The minimum atomic E-state index is 0.994. The Kier molecular flexibility index (Phi) is 31.3. The molecule has 38 heavy (non-hydrogen) atoms. The van der Waals surface area contributed by atoms with Crippen LogP contribution in [0.4, 0.5) is 0 Å². The van der Waals surface area contributed by atoms with Crippen LogP contribution < -0.4 is 0 Å². The zero-order chi connectivity index (χ0) is 26.9. The first-order valence-electron chi connectivity index (χ1n) is 18.2. The molecule has 2 heteroatoms. The summed E-state index contributed by atoms with van der Waals surface area (Å²) < 4.78 is 11.7. The second kappa shape index (κ2) is 33.1. The van der Waals surface area contributed by atoms with E-state index in [4.69, 9.17) is 9.47 Å². The summed E-state index contributed by atoms with van der Waals surface area (Å²) in [6, 6.07) is 0. The lowest BCUT2D eigenvalue weighted by Crippen LogP contribution is -1.97. The van der Waals surface area contributed by atoms with Gasteiger partial charge in [0.15, 0.2) is 0 Å².